The zero-order valence-electron chi connectivity index (χ0n) is 14.5. The molecule has 1 amide bonds. The molecule has 1 aromatic heterocycles. The maximum absolute atomic E-state index is 12.1. The number of aromatic nitrogens is 1. The molecule has 0 atom stereocenters. The summed E-state index contributed by atoms with van der Waals surface area (Å²) < 4.78 is 2.16. The smallest absolute Gasteiger partial charge is 0.223 e. The molecule has 3 rings (SSSR count). The molecule has 130 valence electrons. The van der Waals surface area contributed by atoms with Gasteiger partial charge in [-0.2, -0.15) is 0 Å². The number of piperidine rings is 1. The fourth-order valence-electron chi connectivity index (χ4n) is 3.56. The van der Waals surface area contributed by atoms with E-state index in [1.165, 1.54) is 16.5 Å². The number of carbonyl (C=O) groups excluding carboxylic acids is 1. The van der Waals surface area contributed by atoms with Crippen molar-refractivity contribution >= 4 is 28.4 Å². The quantitative estimate of drug-likeness (QED) is 0.897. The Balaban J connectivity index is 1.62. The number of fused-ring (bicyclic) bond motifs is 1. The Hall–Kier alpha value is -1.52. The molecule has 0 spiro atoms. The van der Waals surface area contributed by atoms with Gasteiger partial charge in [-0.05, 0) is 56.1 Å². The lowest BCUT2D eigenvalue weighted by Crippen LogP contribution is -2.40. The van der Waals surface area contributed by atoms with E-state index < -0.39 is 0 Å². The summed E-state index contributed by atoms with van der Waals surface area (Å²) in [5, 5.41) is 5.03. The van der Waals surface area contributed by atoms with Crippen LogP contribution < -0.4 is 5.32 Å². The standard InChI is InChI=1S/C19H26ClN3O/c1-3-8-21-19(24)14-6-9-23(10-7-14)13-15-12-22(2)18-5-4-16(20)11-17(15)18/h4-5,11-12,14H,3,6-10,13H2,1-2H3,(H,21,24). The lowest BCUT2D eigenvalue weighted by Gasteiger charge is -2.31. The van der Waals surface area contributed by atoms with Gasteiger partial charge >= 0.3 is 0 Å². The topological polar surface area (TPSA) is 37.3 Å². The van der Waals surface area contributed by atoms with Crippen LogP contribution in [0.2, 0.25) is 5.02 Å². The Bertz CT molecular complexity index is 717. The maximum atomic E-state index is 12.1. The average molecular weight is 348 g/mol. The van der Waals surface area contributed by atoms with Gasteiger partial charge in [-0.3, -0.25) is 9.69 Å². The molecule has 1 N–H and O–H groups in total. The highest BCUT2D eigenvalue weighted by Gasteiger charge is 2.25. The Morgan fingerprint density at radius 2 is 2.08 bits per heavy atom. The van der Waals surface area contributed by atoms with E-state index in [0.29, 0.717) is 0 Å². The summed E-state index contributed by atoms with van der Waals surface area (Å²) in [6.07, 6.45) is 5.08. The van der Waals surface area contributed by atoms with E-state index in [-0.39, 0.29) is 11.8 Å². The van der Waals surface area contributed by atoms with Gasteiger partial charge < -0.3 is 9.88 Å². The third-order valence-corrected chi connectivity index (χ3v) is 5.17. The van der Waals surface area contributed by atoms with Crippen molar-refractivity contribution in [1.82, 2.24) is 14.8 Å². The van der Waals surface area contributed by atoms with Crippen LogP contribution in [0.15, 0.2) is 24.4 Å². The summed E-state index contributed by atoms with van der Waals surface area (Å²) in [7, 11) is 2.07. The van der Waals surface area contributed by atoms with E-state index in [1.54, 1.807) is 0 Å². The first-order valence-corrected chi connectivity index (χ1v) is 9.19. The highest BCUT2D eigenvalue weighted by atomic mass is 35.5. The van der Waals surface area contributed by atoms with E-state index in [2.05, 4.69) is 47.1 Å². The van der Waals surface area contributed by atoms with Gasteiger partial charge in [-0.15, -0.1) is 0 Å². The molecule has 1 aliphatic heterocycles. The number of aryl methyl sites for hydroxylation is 1. The van der Waals surface area contributed by atoms with Gasteiger partial charge in [0.15, 0.2) is 0 Å². The number of amides is 1. The first-order chi connectivity index (χ1) is 11.6. The zero-order chi connectivity index (χ0) is 17.1. The molecular weight excluding hydrogens is 322 g/mol. The average Bonchev–Trinajstić information content (AvgIpc) is 2.88. The minimum atomic E-state index is 0.176. The lowest BCUT2D eigenvalue weighted by atomic mass is 9.95. The SMILES string of the molecule is CCCNC(=O)C1CCN(Cc2cn(C)c3ccc(Cl)cc23)CC1. The van der Waals surface area contributed by atoms with Crippen LogP contribution in [0.4, 0.5) is 0 Å². The molecule has 24 heavy (non-hydrogen) atoms. The van der Waals surface area contributed by atoms with Crippen molar-refractivity contribution in [3.63, 3.8) is 0 Å². The predicted octanol–water partition coefficient (Wildman–Crippen LogP) is 3.57. The normalized spacial score (nSPS) is 16.6. The molecule has 1 aliphatic rings. The van der Waals surface area contributed by atoms with E-state index in [1.807, 2.05) is 6.07 Å². The summed E-state index contributed by atoms with van der Waals surface area (Å²) in [6.45, 7) is 5.73. The third-order valence-electron chi connectivity index (χ3n) is 4.94. The number of nitrogens with zero attached hydrogens (tertiary/aromatic N) is 2. The largest absolute Gasteiger partial charge is 0.356 e. The Kier molecular flexibility index (Phi) is 5.47. The molecule has 4 nitrogen and oxygen atoms in total. The fourth-order valence-corrected chi connectivity index (χ4v) is 3.73. The number of likely N-dealkylation sites (tertiary alicyclic amines) is 1. The summed E-state index contributed by atoms with van der Waals surface area (Å²) >= 11 is 6.17. The van der Waals surface area contributed by atoms with E-state index in [9.17, 15) is 4.79 Å². The monoisotopic (exact) mass is 347 g/mol. The number of benzene rings is 1. The lowest BCUT2D eigenvalue weighted by molar-refractivity contribution is -0.126. The van der Waals surface area contributed by atoms with Crippen LogP contribution in [0.25, 0.3) is 10.9 Å². The summed E-state index contributed by atoms with van der Waals surface area (Å²) in [6, 6.07) is 6.07. The van der Waals surface area contributed by atoms with Crippen molar-refractivity contribution in [3.8, 4) is 0 Å². The van der Waals surface area contributed by atoms with Crippen molar-refractivity contribution in [2.45, 2.75) is 32.7 Å². The van der Waals surface area contributed by atoms with Crippen molar-refractivity contribution in [3.05, 3.63) is 35.0 Å². The van der Waals surface area contributed by atoms with Crippen LogP contribution in [0.1, 0.15) is 31.7 Å². The predicted molar refractivity (Wildman–Crippen MR) is 99.2 cm³/mol. The second-order valence-electron chi connectivity index (χ2n) is 6.77. The van der Waals surface area contributed by atoms with Crippen LogP contribution in [0.5, 0.6) is 0 Å². The molecule has 0 unspecified atom stereocenters. The summed E-state index contributed by atoms with van der Waals surface area (Å²) in [4.78, 5) is 14.5. The Morgan fingerprint density at radius 1 is 1.33 bits per heavy atom. The minimum Gasteiger partial charge on any atom is -0.356 e. The number of rotatable bonds is 5. The van der Waals surface area contributed by atoms with E-state index in [4.69, 9.17) is 11.6 Å². The highest BCUT2D eigenvalue weighted by molar-refractivity contribution is 6.31. The second kappa shape index (κ2) is 7.58. The maximum Gasteiger partial charge on any atom is 0.223 e. The van der Waals surface area contributed by atoms with Crippen molar-refractivity contribution < 1.29 is 4.79 Å². The van der Waals surface area contributed by atoms with Gasteiger partial charge in [-0.1, -0.05) is 18.5 Å². The molecule has 0 aliphatic carbocycles. The molecule has 5 heteroatoms. The number of carbonyl (C=O) groups is 1. The molecular formula is C19H26ClN3O. The summed E-state index contributed by atoms with van der Waals surface area (Å²) in [5.74, 6) is 0.406. The number of nitrogens with one attached hydrogen (secondary N) is 1. The summed E-state index contributed by atoms with van der Waals surface area (Å²) in [5.41, 5.74) is 2.52. The molecule has 0 saturated carbocycles. The highest BCUT2D eigenvalue weighted by Crippen LogP contribution is 2.27. The van der Waals surface area contributed by atoms with Crippen LogP contribution in [-0.2, 0) is 18.4 Å². The molecule has 1 saturated heterocycles. The van der Waals surface area contributed by atoms with Gasteiger partial charge in [0, 0.05) is 48.2 Å². The van der Waals surface area contributed by atoms with Crippen LogP contribution >= 0.6 is 11.6 Å². The van der Waals surface area contributed by atoms with E-state index in [0.717, 1.165) is 50.5 Å². The van der Waals surface area contributed by atoms with Crippen molar-refractivity contribution in [2.75, 3.05) is 19.6 Å². The molecule has 2 heterocycles. The Morgan fingerprint density at radius 3 is 2.79 bits per heavy atom. The van der Waals surface area contributed by atoms with Crippen LogP contribution in [0.3, 0.4) is 0 Å². The second-order valence-corrected chi connectivity index (χ2v) is 7.20. The molecule has 0 radical (unpaired) electrons. The first-order valence-electron chi connectivity index (χ1n) is 8.82. The molecule has 1 fully saturated rings. The van der Waals surface area contributed by atoms with Gasteiger partial charge in [0.2, 0.25) is 5.91 Å². The molecule has 2 aromatic rings. The molecule has 1 aromatic carbocycles. The Labute approximate surface area is 148 Å². The number of halogens is 1. The van der Waals surface area contributed by atoms with Gasteiger partial charge in [0.05, 0.1) is 0 Å². The van der Waals surface area contributed by atoms with Crippen molar-refractivity contribution in [1.29, 1.82) is 0 Å². The molecule has 0 bridgehead atoms. The van der Waals surface area contributed by atoms with Gasteiger partial charge in [0.1, 0.15) is 0 Å². The third kappa shape index (κ3) is 3.76. The van der Waals surface area contributed by atoms with Gasteiger partial charge in [0.25, 0.3) is 0 Å². The van der Waals surface area contributed by atoms with Crippen LogP contribution in [0, 0.1) is 5.92 Å². The number of hydrogen-bond acceptors (Lipinski definition) is 2. The number of hydrogen-bond donors (Lipinski definition) is 1. The van der Waals surface area contributed by atoms with Crippen molar-refractivity contribution in [2.24, 2.45) is 13.0 Å². The van der Waals surface area contributed by atoms with E-state index >= 15 is 0 Å². The van der Waals surface area contributed by atoms with Crippen LogP contribution in [-0.4, -0.2) is 35.0 Å². The first kappa shape index (κ1) is 17.3. The van der Waals surface area contributed by atoms with Gasteiger partial charge in [-0.25, -0.2) is 0 Å². The zero-order valence-corrected chi connectivity index (χ0v) is 15.3. The fraction of sp³-hybridized carbons (Fsp3) is 0.526. The minimum absolute atomic E-state index is 0.176.